The van der Waals surface area contributed by atoms with Crippen LogP contribution < -0.4 is 10.6 Å². The SMILES string of the molecule is CC(=O)Nc1ccc(NC(=O)c2cc3c(C)nn(-c4ccccc4)c3s2)cc1C. The number of carbonyl (C=O) groups is 2. The summed E-state index contributed by atoms with van der Waals surface area (Å²) in [4.78, 5) is 25.6. The summed E-state index contributed by atoms with van der Waals surface area (Å²) in [6, 6.07) is 17.2. The maximum absolute atomic E-state index is 12.8. The molecule has 4 rings (SSSR count). The largest absolute Gasteiger partial charge is 0.326 e. The minimum Gasteiger partial charge on any atom is -0.326 e. The number of benzene rings is 2. The Morgan fingerprint density at radius 2 is 1.76 bits per heavy atom. The molecule has 2 aromatic heterocycles. The fourth-order valence-corrected chi connectivity index (χ4v) is 4.25. The molecular formula is C22H20N4O2S. The fraction of sp³-hybridized carbons (Fsp3) is 0.136. The van der Waals surface area contributed by atoms with Crippen molar-refractivity contribution in [1.29, 1.82) is 0 Å². The van der Waals surface area contributed by atoms with Crippen LogP contribution in [0.5, 0.6) is 0 Å². The van der Waals surface area contributed by atoms with E-state index < -0.39 is 0 Å². The van der Waals surface area contributed by atoms with E-state index >= 15 is 0 Å². The number of amides is 2. The normalized spacial score (nSPS) is 10.9. The Kier molecular flexibility index (Phi) is 4.90. The van der Waals surface area contributed by atoms with Crippen molar-refractivity contribution >= 4 is 44.7 Å². The van der Waals surface area contributed by atoms with Gasteiger partial charge in [-0.1, -0.05) is 18.2 Å². The average Bonchev–Trinajstić information content (AvgIpc) is 3.25. The Morgan fingerprint density at radius 1 is 1.00 bits per heavy atom. The van der Waals surface area contributed by atoms with Gasteiger partial charge < -0.3 is 10.6 Å². The van der Waals surface area contributed by atoms with Crippen molar-refractivity contribution in [2.45, 2.75) is 20.8 Å². The molecule has 0 spiro atoms. The van der Waals surface area contributed by atoms with Gasteiger partial charge in [-0.2, -0.15) is 5.10 Å². The first kappa shape index (κ1) is 18.9. The van der Waals surface area contributed by atoms with E-state index in [-0.39, 0.29) is 11.8 Å². The van der Waals surface area contributed by atoms with Crippen LogP contribution in [0.4, 0.5) is 11.4 Å². The van der Waals surface area contributed by atoms with Crippen molar-refractivity contribution in [2.75, 3.05) is 10.6 Å². The molecule has 0 atom stereocenters. The molecule has 2 aromatic carbocycles. The van der Waals surface area contributed by atoms with Crippen molar-refractivity contribution in [2.24, 2.45) is 0 Å². The minimum absolute atomic E-state index is 0.127. The van der Waals surface area contributed by atoms with Gasteiger partial charge in [-0.25, -0.2) is 4.68 Å². The third-order valence-electron chi connectivity index (χ3n) is 4.56. The molecule has 0 aliphatic carbocycles. The first-order valence-electron chi connectivity index (χ1n) is 9.16. The first-order chi connectivity index (χ1) is 13.9. The number of fused-ring (bicyclic) bond motifs is 1. The van der Waals surface area contributed by atoms with Crippen LogP contribution in [0.3, 0.4) is 0 Å². The van der Waals surface area contributed by atoms with Gasteiger partial charge in [0.1, 0.15) is 4.83 Å². The van der Waals surface area contributed by atoms with Crippen molar-refractivity contribution in [1.82, 2.24) is 9.78 Å². The molecule has 0 unspecified atom stereocenters. The standard InChI is InChI=1S/C22H20N4O2S/c1-13-11-16(9-10-19(13)23-15(3)27)24-21(28)20-12-18-14(2)25-26(22(18)29-20)17-7-5-4-6-8-17/h4-12H,1-3H3,(H,23,27)(H,24,28). The van der Waals surface area contributed by atoms with Crippen LogP contribution in [0.25, 0.3) is 15.9 Å². The van der Waals surface area contributed by atoms with Crippen LogP contribution in [0.2, 0.25) is 0 Å². The molecule has 2 amide bonds. The molecule has 2 heterocycles. The van der Waals surface area contributed by atoms with Crippen LogP contribution in [-0.4, -0.2) is 21.6 Å². The van der Waals surface area contributed by atoms with E-state index in [0.717, 1.165) is 32.8 Å². The quantitative estimate of drug-likeness (QED) is 0.507. The van der Waals surface area contributed by atoms with Crippen molar-refractivity contribution in [3.8, 4) is 5.69 Å². The lowest BCUT2D eigenvalue weighted by Gasteiger charge is -2.09. The van der Waals surface area contributed by atoms with Gasteiger partial charge in [0, 0.05) is 23.7 Å². The highest BCUT2D eigenvalue weighted by molar-refractivity contribution is 7.20. The van der Waals surface area contributed by atoms with Crippen LogP contribution in [0, 0.1) is 13.8 Å². The summed E-state index contributed by atoms with van der Waals surface area (Å²) in [5.41, 5.74) is 4.14. The second-order valence-corrected chi connectivity index (χ2v) is 7.86. The van der Waals surface area contributed by atoms with Gasteiger partial charge in [0.25, 0.3) is 5.91 Å². The lowest BCUT2D eigenvalue weighted by molar-refractivity contribution is -0.114. The number of hydrogen-bond acceptors (Lipinski definition) is 4. The number of carbonyl (C=O) groups excluding carboxylic acids is 2. The Bertz CT molecular complexity index is 1220. The van der Waals surface area contributed by atoms with E-state index in [2.05, 4.69) is 15.7 Å². The van der Waals surface area contributed by atoms with E-state index in [9.17, 15) is 9.59 Å². The zero-order valence-corrected chi connectivity index (χ0v) is 17.1. The number of rotatable bonds is 4. The van der Waals surface area contributed by atoms with Crippen molar-refractivity contribution < 1.29 is 9.59 Å². The molecule has 0 saturated carbocycles. The maximum Gasteiger partial charge on any atom is 0.265 e. The predicted octanol–water partition coefficient (Wildman–Crippen LogP) is 4.91. The summed E-state index contributed by atoms with van der Waals surface area (Å²) in [7, 11) is 0. The van der Waals surface area contributed by atoms with Crippen molar-refractivity contribution in [3.05, 3.63) is 70.7 Å². The number of thiophene rings is 1. The summed E-state index contributed by atoms with van der Waals surface area (Å²) in [6.45, 7) is 5.30. The van der Waals surface area contributed by atoms with E-state index in [4.69, 9.17) is 0 Å². The molecule has 7 heteroatoms. The van der Waals surface area contributed by atoms with Gasteiger partial charge in [-0.05, 0) is 55.8 Å². The third kappa shape index (κ3) is 3.77. The second-order valence-electron chi connectivity index (χ2n) is 6.83. The molecule has 0 bridgehead atoms. The summed E-state index contributed by atoms with van der Waals surface area (Å²) in [5, 5.41) is 11.3. The number of aromatic nitrogens is 2. The molecule has 2 N–H and O–H groups in total. The van der Waals surface area contributed by atoms with Gasteiger partial charge >= 0.3 is 0 Å². The zero-order valence-electron chi connectivity index (χ0n) is 16.3. The predicted molar refractivity (Wildman–Crippen MR) is 117 cm³/mol. The molecule has 29 heavy (non-hydrogen) atoms. The average molecular weight is 404 g/mol. The van der Waals surface area contributed by atoms with Crippen LogP contribution in [-0.2, 0) is 4.79 Å². The fourth-order valence-electron chi connectivity index (χ4n) is 3.17. The summed E-state index contributed by atoms with van der Waals surface area (Å²) in [5.74, 6) is -0.296. The van der Waals surface area contributed by atoms with Crippen LogP contribution in [0.15, 0.2) is 54.6 Å². The highest BCUT2D eigenvalue weighted by Crippen LogP contribution is 2.31. The molecule has 0 aliphatic rings. The number of aryl methyl sites for hydroxylation is 2. The smallest absolute Gasteiger partial charge is 0.265 e. The molecule has 0 aliphatic heterocycles. The monoisotopic (exact) mass is 404 g/mol. The Labute approximate surface area is 172 Å². The lowest BCUT2D eigenvalue weighted by atomic mass is 10.1. The van der Waals surface area contributed by atoms with Crippen LogP contribution in [0.1, 0.15) is 27.9 Å². The molecule has 0 saturated heterocycles. The zero-order chi connectivity index (χ0) is 20.5. The summed E-state index contributed by atoms with van der Waals surface area (Å²) in [6.07, 6.45) is 0. The highest BCUT2D eigenvalue weighted by Gasteiger charge is 2.17. The van der Waals surface area contributed by atoms with E-state index in [1.165, 1.54) is 18.3 Å². The topological polar surface area (TPSA) is 76.0 Å². The second kappa shape index (κ2) is 7.52. The van der Waals surface area contributed by atoms with Gasteiger partial charge in [0.05, 0.1) is 16.3 Å². The lowest BCUT2D eigenvalue weighted by Crippen LogP contribution is -2.11. The summed E-state index contributed by atoms with van der Waals surface area (Å²) >= 11 is 1.41. The molecule has 146 valence electrons. The number of nitrogens with zero attached hydrogens (tertiary/aromatic N) is 2. The highest BCUT2D eigenvalue weighted by atomic mass is 32.1. The number of para-hydroxylation sites is 1. The van der Waals surface area contributed by atoms with E-state index in [1.807, 2.05) is 61.0 Å². The van der Waals surface area contributed by atoms with Gasteiger partial charge in [-0.15, -0.1) is 11.3 Å². The third-order valence-corrected chi connectivity index (χ3v) is 5.67. The van der Waals surface area contributed by atoms with Crippen molar-refractivity contribution in [3.63, 3.8) is 0 Å². The maximum atomic E-state index is 12.8. The van der Waals surface area contributed by atoms with E-state index in [1.54, 1.807) is 12.1 Å². The Morgan fingerprint density at radius 3 is 2.45 bits per heavy atom. The van der Waals surface area contributed by atoms with Gasteiger partial charge in [0.2, 0.25) is 5.91 Å². The molecule has 0 radical (unpaired) electrons. The first-order valence-corrected chi connectivity index (χ1v) is 9.98. The number of anilines is 2. The van der Waals surface area contributed by atoms with E-state index in [0.29, 0.717) is 10.6 Å². The molecule has 4 aromatic rings. The van der Waals surface area contributed by atoms with Crippen LogP contribution >= 0.6 is 11.3 Å². The molecule has 6 nitrogen and oxygen atoms in total. The Hall–Kier alpha value is -3.45. The summed E-state index contributed by atoms with van der Waals surface area (Å²) < 4.78 is 1.87. The Balaban J connectivity index is 1.61. The van der Waals surface area contributed by atoms with Gasteiger partial charge in [0.15, 0.2) is 0 Å². The minimum atomic E-state index is -0.170. The molecule has 0 fully saturated rings. The van der Waals surface area contributed by atoms with Gasteiger partial charge in [-0.3, -0.25) is 9.59 Å². The molecular weight excluding hydrogens is 384 g/mol. The number of nitrogens with one attached hydrogen (secondary N) is 2. The number of hydrogen-bond donors (Lipinski definition) is 2.